The quantitative estimate of drug-likeness (QED) is 0.372. The minimum absolute atomic E-state index is 0.318. The Balaban J connectivity index is 3.22. The number of halogens is 2. The lowest BCUT2D eigenvalue weighted by Gasteiger charge is -1.78. The predicted molar refractivity (Wildman–Crippen MR) is 29.9 cm³/mol. The molecule has 0 unspecified atom stereocenters. The van der Waals surface area contributed by atoms with E-state index in [9.17, 15) is 0 Å². The Bertz CT molecular complexity index is 59.8. The second kappa shape index (κ2) is 3.44. The number of nitrogens with zero attached hydrogens (tertiary/aromatic N) is 1. The minimum Gasteiger partial charge on any atom is -0.280 e. The summed E-state index contributed by atoms with van der Waals surface area (Å²) >= 11 is 10.5. The highest BCUT2D eigenvalue weighted by molar-refractivity contribution is 6.69. The maximum Gasteiger partial charge on any atom is 0.115 e. The highest BCUT2D eigenvalue weighted by Gasteiger charge is 1.81. The van der Waals surface area contributed by atoms with E-state index in [1.165, 1.54) is 0 Å². The average Bonchev–Trinajstić information content (AvgIpc) is 1.65. The van der Waals surface area contributed by atoms with Crippen LogP contribution >= 0.6 is 23.2 Å². The SMILES string of the molecule is CN=C(Cl)CCl. The van der Waals surface area contributed by atoms with Gasteiger partial charge in [-0.15, -0.1) is 11.6 Å². The second-order valence-electron chi connectivity index (χ2n) is 0.733. The normalized spacial score (nSPS) is 12.2. The van der Waals surface area contributed by atoms with E-state index < -0.39 is 0 Å². The van der Waals surface area contributed by atoms with Crippen LogP contribution in [0.5, 0.6) is 0 Å². The number of aliphatic imine (C=N–C) groups is 1. The summed E-state index contributed by atoms with van der Waals surface area (Å²) in [6, 6.07) is 0. The molecule has 0 atom stereocenters. The van der Waals surface area contributed by atoms with Crippen molar-refractivity contribution in [3.8, 4) is 0 Å². The van der Waals surface area contributed by atoms with Crippen LogP contribution in [0.2, 0.25) is 0 Å². The summed E-state index contributed by atoms with van der Waals surface area (Å²) in [4.78, 5) is 3.56. The van der Waals surface area contributed by atoms with Gasteiger partial charge in [0.2, 0.25) is 0 Å². The number of hydrogen-bond donors (Lipinski definition) is 0. The van der Waals surface area contributed by atoms with Gasteiger partial charge >= 0.3 is 0 Å². The first-order valence-corrected chi connectivity index (χ1v) is 2.39. The topological polar surface area (TPSA) is 12.4 Å². The van der Waals surface area contributed by atoms with Crippen LogP contribution in [0.1, 0.15) is 0 Å². The lowest BCUT2D eigenvalue weighted by atomic mass is 10.9. The van der Waals surface area contributed by atoms with Crippen molar-refractivity contribution < 1.29 is 0 Å². The van der Waals surface area contributed by atoms with Crippen molar-refractivity contribution in [3.63, 3.8) is 0 Å². The first kappa shape index (κ1) is 6.25. The monoisotopic (exact) mass is 125 g/mol. The Kier molecular flexibility index (Phi) is 3.58. The van der Waals surface area contributed by atoms with Gasteiger partial charge in [-0.3, -0.25) is 4.99 Å². The van der Waals surface area contributed by atoms with Crippen molar-refractivity contribution >= 4 is 28.4 Å². The van der Waals surface area contributed by atoms with Crippen LogP contribution in [-0.2, 0) is 0 Å². The van der Waals surface area contributed by atoms with E-state index in [0.29, 0.717) is 11.1 Å². The molecule has 0 rings (SSSR count). The van der Waals surface area contributed by atoms with Crippen molar-refractivity contribution in [3.05, 3.63) is 0 Å². The van der Waals surface area contributed by atoms with Crippen molar-refractivity contribution in [2.75, 3.05) is 12.9 Å². The molecule has 3 heteroatoms. The lowest BCUT2D eigenvalue weighted by molar-refractivity contribution is 1.45. The smallest absolute Gasteiger partial charge is 0.115 e. The fourth-order valence-corrected chi connectivity index (χ4v) is 0.179. The summed E-state index contributed by atoms with van der Waals surface area (Å²) in [6.07, 6.45) is 0. The molecule has 0 amide bonds. The summed E-state index contributed by atoms with van der Waals surface area (Å²) in [7, 11) is 1.60. The standard InChI is InChI=1S/C3H5Cl2N/c1-6-3(5)2-4/h2H2,1H3. The zero-order chi connectivity index (χ0) is 4.99. The van der Waals surface area contributed by atoms with Gasteiger partial charge in [-0.25, -0.2) is 0 Å². The molecule has 6 heavy (non-hydrogen) atoms. The fraction of sp³-hybridized carbons (Fsp3) is 0.667. The molecule has 0 heterocycles. The summed E-state index contributed by atoms with van der Waals surface area (Å²) in [5.74, 6) is 0.318. The van der Waals surface area contributed by atoms with Crippen molar-refractivity contribution in [1.29, 1.82) is 0 Å². The van der Waals surface area contributed by atoms with Gasteiger partial charge in [0.05, 0.1) is 5.88 Å². The maximum absolute atomic E-state index is 5.27. The van der Waals surface area contributed by atoms with E-state index in [4.69, 9.17) is 23.2 Å². The van der Waals surface area contributed by atoms with Crippen LogP contribution in [0.4, 0.5) is 0 Å². The molecule has 0 radical (unpaired) electrons. The molecule has 36 valence electrons. The third-order valence-electron chi connectivity index (χ3n) is 0.353. The Morgan fingerprint density at radius 1 is 1.83 bits per heavy atom. The Hall–Kier alpha value is 0.250. The average molecular weight is 126 g/mol. The van der Waals surface area contributed by atoms with Crippen LogP contribution in [0.3, 0.4) is 0 Å². The van der Waals surface area contributed by atoms with E-state index in [1.54, 1.807) is 7.05 Å². The minimum atomic E-state index is 0.318. The number of rotatable bonds is 1. The molecule has 0 aliphatic carbocycles. The van der Waals surface area contributed by atoms with Gasteiger partial charge in [0.15, 0.2) is 0 Å². The van der Waals surface area contributed by atoms with Gasteiger partial charge in [0, 0.05) is 7.05 Å². The molecule has 0 fully saturated rings. The Morgan fingerprint density at radius 3 is 2.33 bits per heavy atom. The molecule has 0 bridgehead atoms. The summed E-state index contributed by atoms with van der Waals surface area (Å²) in [5.41, 5.74) is 0. The van der Waals surface area contributed by atoms with Crippen LogP contribution in [0, 0.1) is 0 Å². The van der Waals surface area contributed by atoms with Gasteiger partial charge in [0.1, 0.15) is 5.17 Å². The largest absolute Gasteiger partial charge is 0.280 e. The van der Waals surface area contributed by atoms with E-state index in [-0.39, 0.29) is 0 Å². The van der Waals surface area contributed by atoms with Crippen molar-refractivity contribution in [2.45, 2.75) is 0 Å². The van der Waals surface area contributed by atoms with Gasteiger partial charge in [0.25, 0.3) is 0 Å². The second-order valence-corrected chi connectivity index (χ2v) is 1.44. The molecule has 0 aliphatic heterocycles. The molecule has 0 aromatic heterocycles. The van der Waals surface area contributed by atoms with E-state index in [2.05, 4.69) is 4.99 Å². The Labute approximate surface area is 47.0 Å². The third-order valence-corrected chi connectivity index (χ3v) is 1.05. The van der Waals surface area contributed by atoms with Crippen molar-refractivity contribution in [1.82, 2.24) is 0 Å². The number of alkyl halides is 1. The zero-order valence-corrected chi connectivity index (χ0v) is 4.92. The molecule has 0 spiro atoms. The molecule has 0 aromatic rings. The molecule has 0 aliphatic rings. The molecule has 0 N–H and O–H groups in total. The molecular formula is C3H5Cl2N. The first-order chi connectivity index (χ1) is 2.81. The van der Waals surface area contributed by atoms with Gasteiger partial charge in [-0.05, 0) is 0 Å². The number of hydrogen-bond acceptors (Lipinski definition) is 1. The van der Waals surface area contributed by atoms with Crippen LogP contribution in [0.25, 0.3) is 0 Å². The van der Waals surface area contributed by atoms with E-state index in [0.717, 1.165) is 0 Å². The van der Waals surface area contributed by atoms with Gasteiger partial charge in [-0.1, -0.05) is 11.6 Å². The first-order valence-electron chi connectivity index (χ1n) is 1.48. The predicted octanol–water partition coefficient (Wildman–Crippen LogP) is 1.49. The zero-order valence-electron chi connectivity index (χ0n) is 3.41. The fourth-order valence-electron chi connectivity index (χ4n) is 0.0598. The molecule has 0 saturated heterocycles. The van der Waals surface area contributed by atoms with Gasteiger partial charge < -0.3 is 0 Å². The highest BCUT2D eigenvalue weighted by Crippen LogP contribution is 1.85. The third kappa shape index (κ3) is 2.49. The summed E-state index contributed by atoms with van der Waals surface area (Å²) in [6.45, 7) is 0. The van der Waals surface area contributed by atoms with E-state index >= 15 is 0 Å². The van der Waals surface area contributed by atoms with Crippen LogP contribution in [-0.4, -0.2) is 18.1 Å². The van der Waals surface area contributed by atoms with Gasteiger partial charge in [-0.2, -0.15) is 0 Å². The molecule has 0 aromatic carbocycles. The highest BCUT2D eigenvalue weighted by atomic mass is 35.5. The molecule has 1 nitrogen and oxygen atoms in total. The van der Waals surface area contributed by atoms with Crippen molar-refractivity contribution in [2.24, 2.45) is 4.99 Å². The van der Waals surface area contributed by atoms with Crippen LogP contribution in [0.15, 0.2) is 4.99 Å². The molecule has 0 saturated carbocycles. The lowest BCUT2D eigenvalue weighted by Crippen LogP contribution is -1.84. The van der Waals surface area contributed by atoms with Crippen LogP contribution < -0.4 is 0 Å². The Morgan fingerprint density at radius 2 is 2.33 bits per heavy atom. The van der Waals surface area contributed by atoms with E-state index in [1.807, 2.05) is 0 Å². The molecular weight excluding hydrogens is 121 g/mol. The summed E-state index contributed by atoms with van der Waals surface area (Å²) in [5, 5.41) is 0.455. The maximum atomic E-state index is 5.27. The summed E-state index contributed by atoms with van der Waals surface area (Å²) < 4.78 is 0.